The van der Waals surface area contributed by atoms with Gasteiger partial charge >= 0.3 is 21.6 Å². The van der Waals surface area contributed by atoms with Crippen LogP contribution in [0.4, 0.5) is 13.2 Å². The molecule has 1 aromatic heterocycles. The molecule has 2 heterocycles. The van der Waals surface area contributed by atoms with E-state index >= 15 is 0 Å². The lowest BCUT2D eigenvalue weighted by Crippen LogP contribution is -2.28. The van der Waals surface area contributed by atoms with Gasteiger partial charge in [0.2, 0.25) is 0 Å². The van der Waals surface area contributed by atoms with Crippen LogP contribution >= 0.6 is 23.4 Å². The van der Waals surface area contributed by atoms with E-state index in [4.69, 9.17) is 11.6 Å². The minimum absolute atomic E-state index is 0.113. The number of aromatic nitrogens is 1. The summed E-state index contributed by atoms with van der Waals surface area (Å²) in [5, 5.41) is 10.3. The van der Waals surface area contributed by atoms with Crippen molar-refractivity contribution in [3.63, 3.8) is 0 Å². The van der Waals surface area contributed by atoms with Gasteiger partial charge in [-0.3, -0.25) is 4.79 Å². The Morgan fingerprint density at radius 2 is 1.81 bits per heavy atom. The number of hydrogen-bond acceptors (Lipinski definition) is 7. The Kier molecular flexibility index (Phi) is 7.01. The molecule has 0 saturated carbocycles. The van der Waals surface area contributed by atoms with Gasteiger partial charge in [-0.1, -0.05) is 30.3 Å². The van der Waals surface area contributed by atoms with Gasteiger partial charge in [0.1, 0.15) is 5.75 Å². The molecule has 3 aromatic rings. The number of alkyl halides is 3. The minimum Gasteiger partial charge on any atom is -0.481 e. The maximum absolute atomic E-state index is 13.0. The van der Waals surface area contributed by atoms with Gasteiger partial charge in [-0.15, -0.1) is 0 Å². The van der Waals surface area contributed by atoms with Crippen molar-refractivity contribution in [1.29, 1.82) is 0 Å². The second-order valence-electron chi connectivity index (χ2n) is 8.51. The molecule has 0 spiro atoms. The van der Waals surface area contributed by atoms with E-state index in [0.29, 0.717) is 26.9 Å². The number of halogens is 4. The van der Waals surface area contributed by atoms with Crippen molar-refractivity contribution in [3.8, 4) is 5.75 Å². The van der Waals surface area contributed by atoms with Crippen LogP contribution in [0.5, 0.6) is 5.75 Å². The number of rotatable bonds is 7. The number of carboxylic acid groups (broad SMARTS) is 1. The molecule has 0 saturated heterocycles. The number of aryl methyl sites for hydroxylation is 1. The fourth-order valence-electron chi connectivity index (χ4n) is 4.31. The van der Waals surface area contributed by atoms with Crippen LogP contribution in [0, 0.1) is 5.92 Å². The number of hydrogen-bond donors (Lipinski definition) is 1. The van der Waals surface area contributed by atoms with Gasteiger partial charge in [-0.05, 0) is 30.7 Å². The van der Waals surface area contributed by atoms with Crippen LogP contribution in [0.1, 0.15) is 25.0 Å². The third-order valence-electron chi connectivity index (χ3n) is 6.03. The molecule has 1 aliphatic rings. The van der Waals surface area contributed by atoms with Gasteiger partial charge in [0.05, 0.1) is 16.3 Å². The smallest absolute Gasteiger partial charge is 0.481 e. The topological polar surface area (TPSA) is 120 Å². The van der Waals surface area contributed by atoms with Gasteiger partial charge in [-0.2, -0.15) is 21.6 Å². The molecular formula is C22H19ClF3NO7S3. The van der Waals surface area contributed by atoms with Crippen molar-refractivity contribution in [2.24, 2.45) is 5.92 Å². The second kappa shape index (κ2) is 9.40. The van der Waals surface area contributed by atoms with Gasteiger partial charge in [0.15, 0.2) is 9.84 Å². The van der Waals surface area contributed by atoms with E-state index in [9.17, 15) is 39.9 Å². The zero-order valence-electron chi connectivity index (χ0n) is 19.1. The second-order valence-corrected chi connectivity index (χ2v) is 13.6. The Hall–Kier alpha value is -2.42. The third-order valence-corrected chi connectivity index (χ3v) is 9.50. The van der Waals surface area contributed by atoms with Crippen molar-refractivity contribution in [2.75, 3.05) is 6.26 Å². The lowest BCUT2D eigenvalue weighted by atomic mass is 9.90. The van der Waals surface area contributed by atoms with Crippen LogP contribution in [0.25, 0.3) is 10.9 Å². The van der Waals surface area contributed by atoms with Crippen molar-refractivity contribution in [2.45, 2.75) is 46.0 Å². The molecule has 15 heteroatoms. The highest BCUT2D eigenvalue weighted by atomic mass is 35.5. The van der Waals surface area contributed by atoms with E-state index in [-0.39, 0.29) is 17.4 Å². The summed E-state index contributed by atoms with van der Waals surface area (Å²) in [5.41, 5.74) is -5.13. The van der Waals surface area contributed by atoms with Crippen LogP contribution in [0.15, 0.2) is 51.1 Å². The van der Waals surface area contributed by atoms with E-state index in [0.717, 1.165) is 30.2 Å². The van der Waals surface area contributed by atoms with E-state index in [1.165, 1.54) is 6.92 Å². The van der Waals surface area contributed by atoms with Gasteiger partial charge in [0.25, 0.3) is 0 Å². The SMILES string of the molecule is CC(C(=O)O)C1CCn2c1c(Sc1ccc(Cl)cc1)c1c(S(C)(=O)=O)cc(OS(=O)(=O)C(F)(F)F)cc12. The molecule has 0 fully saturated rings. The summed E-state index contributed by atoms with van der Waals surface area (Å²) in [7, 11) is -10.2. The van der Waals surface area contributed by atoms with Crippen LogP contribution in [-0.4, -0.2) is 44.2 Å². The molecule has 0 aliphatic carbocycles. The molecule has 37 heavy (non-hydrogen) atoms. The molecule has 0 radical (unpaired) electrons. The van der Waals surface area contributed by atoms with Gasteiger partial charge < -0.3 is 13.9 Å². The van der Waals surface area contributed by atoms with Crippen molar-refractivity contribution in [3.05, 3.63) is 47.1 Å². The Morgan fingerprint density at radius 1 is 1.19 bits per heavy atom. The average Bonchev–Trinajstić information content (AvgIpc) is 3.32. The summed E-state index contributed by atoms with van der Waals surface area (Å²) >= 11 is 7.12. The van der Waals surface area contributed by atoms with E-state index < -0.39 is 53.9 Å². The summed E-state index contributed by atoms with van der Waals surface area (Å²) in [5.74, 6) is -3.31. The molecule has 0 bridgehead atoms. The largest absolute Gasteiger partial charge is 0.534 e. The molecule has 2 atom stereocenters. The zero-order chi connectivity index (χ0) is 27.5. The normalized spacial score (nSPS) is 17.1. The van der Waals surface area contributed by atoms with Crippen molar-refractivity contribution < 1.29 is 44.1 Å². The lowest BCUT2D eigenvalue weighted by Gasteiger charge is -2.17. The molecule has 200 valence electrons. The number of aliphatic carboxylic acids is 1. The number of carbonyl (C=O) groups is 1. The van der Waals surface area contributed by atoms with Gasteiger partial charge in [-0.25, -0.2) is 8.42 Å². The molecule has 4 rings (SSSR count). The Labute approximate surface area is 219 Å². The standard InChI is InChI=1S/C22H19ClF3NO7S3/c1-11(21(28)29)15-7-8-27-16-9-13(34-37(32,33)22(24,25)26)10-17(36(2,30)31)18(16)20(19(15)27)35-14-5-3-12(23)4-6-14/h3-6,9-11,15H,7-8H2,1-2H3,(H,28,29). The summed E-state index contributed by atoms with van der Waals surface area (Å²) < 4.78 is 93.7. The quantitative estimate of drug-likeness (QED) is 0.288. The molecule has 1 aliphatic heterocycles. The van der Waals surface area contributed by atoms with Crippen molar-refractivity contribution in [1.82, 2.24) is 4.57 Å². The molecule has 8 nitrogen and oxygen atoms in total. The number of nitrogens with zero attached hydrogens (tertiary/aromatic N) is 1. The minimum atomic E-state index is -6.08. The fraction of sp³-hybridized carbons (Fsp3) is 0.318. The first-order valence-corrected chi connectivity index (χ1v) is 15.1. The summed E-state index contributed by atoms with van der Waals surface area (Å²) in [6, 6.07) is 8.35. The number of benzene rings is 2. The first-order chi connectivity index (χ1) is 17.0. The van der Waals surface area contributed by atoms with Crippen LogP contribution < -0.4 is 4.18 Å². The number of carboxylic acids is 1. The fourth-order valence-corrected chi connectivity index (χ4v) is 7.04. The first-order valence-electron chi connectivity index (χ1n) is 10.6. The summed E-state index contributed by atoms with van der Waals surface area (Å²) in [6.07, 6.45) is 1.20. The summed E-state index contributed by atoms with van der Waals surface area (Å²) in [6.45, 7) is 1.74. The average molecular weight is 598 g/mol. The predicted molar refractivity (Wildman–Crippen MR) is 130 cm³/mol. The van der Waals surface area contributed by atoms with Crippen LogP contribution in [0.2, 0.25) is 5.02 Å². The monoisotopic (exact) mass is 597 g/mol. The molecule has 2 aromatic carbocycles. The zero-order valence-corrected chi connectivity index (χ0v) is 22.3. The van der Waals surface area contributed by atoms with Gasteiger partial charge in [0, 0.05) is 56.7 Å². The summed E-state index contributed by atoms with van der Waals surface area (Å²) in [4.78, 5) is 12.4. The Morgan fingerprint density at radius 3 is 2.35 bits per heavy atom. The highest BCUT2D eigenvalue weighted by Gasteiger charge is 2.49. The highest BCUT2D eigenvalue weighted by molar-refractivity contribution is 7.99. The van der Waals surface area contributed by atoms with Crippen LogP contribution in [0.3, 0.4) is 0 Å². The Bertz CT molecular complexity index is 1620. The molecule has 2 unspecified atom stereocenters. The lowest BCUT2D eigenvalue weighted by molar-refractivity contribution is -0.141. The maximum atomic E-state index is 13.0. The molecular weight excluding hydrogens is 579 g/mol. The van der Waals surface area contributed by atoms with Crippen molar-refractivity contribution >= 4 is 60.2 Å². The first kappa shape index (κ1) is 27.6. The van der Waals surface area contributed by atoms with E-state index in [2.05, 4.69) is 4.18 Å². The molecule has 0 amide bonds. The number of sulfone groups is 1. The highest BCUT2D eigenvalue weighted by Crippen LogP contribution is 2.50. The van der Waals surface area contributed by atoms with E-state index in [1.54, 1.807) is 28.8 Å². The third kappa shape index (κ3) is 5.16. The maximum Gasteiger partial charge on any atom is 0.534 e. The Balaban J connectivity index is 2.04. The predicted octanol–water partition coefficient (Wildman–Crippen LogP) is 5.29. The van der Waals surface area contributed by atoms with E-state index in [1.807, 2.05) is 0 Å². The van der Waals surface area contributed by atoms with Crippen LogP contribution in [-0.2, 0) is 31.3 Å². The molecule has 1 N–H and O–H groups in total. The number of fused-ring (bicyclic) bond motifs is 3.